The number of carbonyl (C=O) groups excluding carboxylic acids is 1. The Morgan fingerprint density at radius 2 is 2.29 bits per heavy atom. The van der Waals surface area contributed by atoms with Gasteiger partial charge in [-0.25, -0.2) is 4.98 Å². The molecule has 0 N–H and O–H groups in total. The van der Waals surface area contributed by atoms with E-state index in [0.717, 1.165) is 44.9 Å². The molecular weight excluding hydrogens is 282 g/mol. The van der Waals surface area contributed by atoms with Gasteiger partial charge in [0.15, 0.2) is 0 Å². The summed E-state index contributed by atoms with van der Waals surface area (Å²) in [5.41, 5.74) is 0.134. The maximum absolute atomic E-state index is 12.3. The number of amides is 1. The molecule has 3 fully saturated rings. The number of rotatable bonds is 4. The predicted octanol–water partition coefficient (Wildman–Crippen LogP) is 2.51. The lowest BCUT2D eigenvalue weighted by atomic mass is 9.86. The minimum atomic E-state index is 0.134. The van der Waals surface area contributed by atoms with Crippen LogP contribution in [0.1, 0.15) is 43.5 Å². The zero-order valence-corrected chi connectivity index (χ0v) is 13.3. The Kier molecular flexibility index (Phi) is 3.50. The first-order valence-corrected chi connectivity index (χ1v) is 9.04. The summed E-state index contributed by atoms with van der Waals surface area (Å²) in [4.78, 5) is 21.5. The second-order valence-corrected chi connectivity index (χ2v) is 7.89. The Balaban J connectivity index is 1.48. The summed E-state index contributed by atoms with van der Waals surface area (Å²) in [5, 5.41) is 3.25. The molecule has 3 heterocycles. The fourth-order valence-electron chi connectivity index (χ4n) is 4.02. The molecule has 5 heteroatoms. The molecule has 2 saturated heterocycles. The average molecular weight is 305 g/mol. The first-order valence-electron chi connectivity index (χ1n) is 8.16. The van der Waals surface area contributed by atoms with Crippen LogP contribution in [0.25, 0.3) is 0 Å². The molecule has 21 heavy (non-hydrogen) atoms. The predicted molar refractivity (Wildman–Crippen MR) is 83.0 cm³/mol. The quantitative estimate of drug-likeness (QED) is 0.857. The number of hydrogen-bond acceptors (Lipinski definition) is 4. The lowest BCUT2D eigenvalue weighted by Gasteiger charge is -2.46. The van der Waals surface area contributed by atoms with Gasteiger partial charge in [-0.15, -0.1) is 11.3 Å². The molecule has 114 valence electrons. The van der Waals surface area contributed by atoms with Crippen molar-refractivity contribution < 1.29 is 4.79 Å². The highest BCUT2D eigenvalue weighted by molar-refractivity contribution is 7.09. The number of carbonyl (C=O) groups is 1. The fourth-order valence-corrected chi connectivity index (χ4v) is 4.67. The van der Waals surface area contributed by atoms with E-state index in [1.165, 1.54) is 30.7 Å². The van der Waals surface area contributed by atoms with Crippen LogP contribution in [0.4, 0.5) is 0 Å². The monoisotopic (exact) mass is 305 g/mol. The van der Waals surface area contributed by atoms with Gasteiger partial charge in [-0.05, 0) is 44.6 Å². The zero-order valence-electron chi connectivity index (χ0n) is 12.5. The van der Waals surface area contributed by atoms with E-state index in [1.807, 2.05) is 11.6 Å². The van der Waals surface area contributed by atoms with Gasteiger partial charge >= 0.3 is 0 Å². The van der Waals surface area contributed by atoms with E-state index in [9.17, 15) is 4.79 Å². The summed E-state index contributed by atoms with van der Waals surface area (Å²) in [5.74, 6) is 1.19. The smallest absolute Gasteiger partial charge is 0.223 e. The van der Waals surface area contributed by atoms with Crippen LogP contribution in [-0.2, 0) is 11.3 Å². The van der Waals surface area contributed by atoms with Crippen molar-refractivity contribution in [2.45, 2.75) is 50.6 Å². The van der Waals surface area contributed by atoms with E-state index >= 15 is 0 Å². The van der Waals surface area contributed by atoms with E-state index in [4.69, 9.17) is 0 Å². The highest BCUT2D eigenvalue weighted by Crippen LogP contribution is 2.41. The summed E-state index contributed by atoms with van der Waals surface area (Å²) >= 11 is 1.74. The topological polar surface area (TPSA) is 36.4 Å². The Hall–Kier alpha value is -0.940. The third kappa shape index (κ3) is 2.73. The molecule has 1 atom stereocenters. The Bertz CT molecular complexity index is 514. The second kappa shape index (κ2) is 5.36. The standard InChI is InChI=1S/C16H23N3OS/c20-15-4-6-16(19(15)10-13-2-3-13)5-1-8-18(12-16)11-14-17-7-9-21-14/h7,9,13H,1-6,8,10-12H2. The number of likely N-dealkylation sites (tertiary alicyclic amines) is 2. The van der Waals surface area contributed by atoms with Gasteiger partial charge in [0.2, 0.25) is 5.91 Å². The van der Waals surface area contributed by atoms with Crippen molar-refractivity contribution in [1.82, 2.24) is 14.8 Å². The summed E-state index contributed by atoms with van der Waals surface area (Å²) in [7, 11) is 0. The molecule has 4 rings (SSSR count). The van der Waals surface area contributed by atoms with Gasteiger partial charge in [-0.1, -0.05) is 0 Å². The molecule has 1 aromatic rings. The molecule has 1 unspecified atom stereocenters. The van der Waals surface area contributed by atoms with Crippen molar-refractivity contribution in [1.29, 1.82) is 0 Å². The number of piperidine rings is 1. The number of thiazole rings is 1. The van der Waals surface area contributed by atoms with Crippen LogP contribution < -0.4 is 0 Å². The van der Waals surface area contributed by atoms with Gasteiger partial charge in [0.05, 0.1) is 12.1 Å². The molecular formula is C16H23N3OS. The van der Waals surface area contributed by atoms with Gasteiger partial charge in [0.25, 0.3) is 0 Å². The molecule has 4 nitrogen and oxygen atoms in total. The van der Waals surface area contributed by atoms with Crippen molar-refractivity contribution in [3.8, 4) is 0 Å². The molecule has 1 saturated carbocycles. The normalized spacial score (nSPS) is 30.5. The minimum absolute atomic E-state index is 0.134. The number of nitrogens with zero attached hydrogens (tertiary/aromatic N) is 3. The highest BCUT2D eigenvalue weighted by atomic mass is 32.1. The first-order chi connectivity index (χ1) is 10.3. The van der Waals surface area contributed by atoms with Crippen molar-refractivity contribution in [2.24, 2.45) is 5.92 Å². The Morgan fingerprint density at radius 1 is 1.38 bits per heavy atom. The SMILES string of the molecule is O=C1CCC2(CCCN(Cc3nccs3)C2)N1CC1CC1. The van der Waals surface area contributed by atoms with Gasteiger partial charge in [0.1, 0.15) is 5.01 Å². The fraction of sp³-hybridized carbons (Fsp3) is 0.750. The molecule has 1 aromatic heterocycles. The van der Waals surface area contributed by atoms with Gasteiger partial charge in [-0.3, -0.25) is 9.69 Å². The summed E-state index contributed by atoms with van der Waals surface area (Å²) in [6.07, 6.45) is 8.76. The van der Waals surface area contributed by atoms with Crippen molar-refractivity contribution in [3.05, 3.63) is 16.6 Å². The lowest BCUT2D eigenvalue weighted by molar-refractivity contribution is -0.133. The largest absolute Gasteiger partial charge is 0.335 e. The van der Waals surface area contributed by atoms with Crippen molar-refractivity contribution in [3.63, 3.8) is 0 Å². The lowest BCUT2D eigenvalue weighted by Crippen LogP contribution is -2.56. The average Bonchev–Trinajstić information content (AvgIpc) is 3.09. The third-order valence-corrected chi connectivity index (χ3v) is 6.06. The molecule has 0 bridgehead atoms. The Labute approximate surface area is 130 Å². The van der Waals surface area contributed by atoms with E-state index in [2.05, 4.69) is 14.8 Å². The maximum atomic E-state index is 12.3. The molecule has 2 aliphatic heterocycles. The maximum Gasteiger partial charge on any atom is 0.223 e. The zero-order chi connectivity index (χ0) is 14.3. The molecule has 0 radical (unpaired) electrons. The van der Waals surface area contributed by atoms with Crippen LogP contribution in [0, 0.1) is 5.92 Å². The third-order valence-electron chi connectivity index (χ3n) is 5.29. The van der Waals surface area contributed by atoms with Crippen LogP contribution in [0.3, 0.4) is 0 Å². The second-order valence-electron chi connectivity index (χ2n) is 6.91. The first kappa shape index (κ1) is 13.7. The van der Waals surface area contributed by atoms with Crippen LogP contribution in [0.2, 0.25) is 0 Å². The van der Waals surface area contributed by atoms with E-state index < -0.39 is 0 Å². The van der Waals surface area contributed by atoms with Crippen molar-refractivity contribution >= 4 is 17.2 Å². The molecule has 1 aliphatic carbocycles. The number of aromatic nitrogens is 1. The number of hydrogen-bond donors (Lipinski definition) is 0. The van der Waals surface area contributed by atoms with Gasteiger partial charge in [-0.2, -0.15) is 0 Å². The Morgan fingerprint density at radius 3 is 3.05 bits per heavy atom. The molecule has 0 aromatic carbocycles. The highest BCUT2D eigenvalue weighted by Gasteiger charge is 2.48. The van der Waals surface area contributed by atoms with Crippen LogP contribution in [-0.4, -0.2) is 45.9 Å². The molecule has 1 amide bonds. The van der Waals surface area contributed by atoms with Crippen LogP contribution in [0.5, 0.6) is 0 Å². The van der Waals surface area contributed by atoms with E-state index in [1.54, 1.807) is 11.3 Å². The molecule has 1 spiro atoms. The van der Waals surface area contributed by atoms with Gasteiger partial charge < -0.3 is 4.90 Å². The minimum Gasteiger partial charge on any atom is -0.335 e. The summed E-state index contributed by atoms with van der Waals surface area (Å²) in [6, 6.07) is 0. The van der Waals surface area contributed by atoms with Crippen LogP contribution >= 0.6 is 11.3 Å². The van der Waals surface area contributed by atoms with Crippen molar-refractivity contribution in [2.75, 3.05) is 19.6 Å². The van der Waals surface area contributed by atoms with Gasteiger partial charge in [0, 0.05) is 31.1 Å². The van der Waals surface area contributed by atoms with E-state index in [-0.39, 0.29) is 5.54 Å². The van der Waals surface area contributed by atoms with E-state index in [0.29, 0.717) is 5.91 Å². The summed E-state index contributed by atoms with van der Waals surface area (Å²) < 4.78 is 0. The molecule has 3 aliphatic rings. The van der Waals surface area contributed by atoms with Crippen LogP contribution in [0.15, 0.2) is 11.6 Å². The summed E-state index contributed by atoms with van der Waals surface area (Å²) in [6.45, 7) is 4.16.